The number of methoxy groups -OCH3 is 2. The van der Waals surface area contributed by atoms with Crippen LogP contribution in [0.1, 0.15) is 31.4 Å². The number of benzene rings is 2. The standard InChI is InChI=1S/C20H24N2O5S/c1-14(23)21-15-6-9-17(10-7-15)28(24,25)22-12-4-5-19(22)18-13-16(26-2)8-11-20(18)27-3/h6-11,13,19H,4-5,12H2,1-3H3,(H,21,23)/t19-/m1/s1. The highest BCUT2D eigenvalue weighted by molar-refractivity contribution is 7.89. The summed E-state index contributed by atoms with van der Waals surface area (Å²) in [6.45, 7) is 1.84. The van der Waals surface area contributed by atoms with Crippen molar-refractivity contribution < 1.29 is 22.7 Å². The predicted molar refractivity (Wildman–Crippen MR) is 106 cm³/mol. The van der Waals surface area contributed by atoms with Crippen LogP contribution in [0.15, 0.2) is 47.4 Å². The van der Waals surface area contributed by atoms with E-state index in [4.69, 9.17) is 9.47 Å². The maximum atomic E-state index is 13.3. The molecule has 0 bridgehead atoms. The first kappa shape index (κ1) is 20.2. The third-order valence-electron chi connectivity index (χ3n) is 4.78. The molecule has 2 aromatic carbocycles. The Kier molecular flexibility index (Phi) is 5.90. The average molecular weight is 404 g/mol. The molecule has 7 nitrogen and oxygen atoms in total. The number of nitrogens with one attached hydrogen (secondary N) is 1. The highest BCUT2D eigenvalue weighted by atomic mass is 32.2. The molecule has 0 aliphatic carbocycles. The highest BCUT2D eigenvalue weighted by Crippen LogP contribution is 2.41. The first-order chi connectivity index (χ1) is 13.4. The molecule has 1 aliphatic rings. The van der Waals surface area contributed by atoms with Gasteiger partial charge in [-0.1, -0.05) is 0 Å². The molecule has 1 N–H and O–H groups in total. The summed E-state index contributed by atoms with van der Waals surface area (Å²) in [6.07, 6.45) is 1.46. The Morgan fingerprint density at radius 3 is 2.43 bits per heavy atom. The summed E-state index contributed by atoms with van der Waals surface area (Å²) >= 11 is 0. The average Bonchev–Trinajstić information content (AvgIpc) is 3.18. The monoisotopic (exact) mass is 404 g/mol. The number of nitrogens with zero attached hydrogens (tertiary/aromatic N) is 1. The molecule has 1 aliphatic heterocycles. The number of carbonyl (C=O) groups is 1. The van der Waals surface area contributed by atoms with Crippen molar-refractivity contribution in [3.05, 3.63) is 48.0 Å². The largest absolute Gasteiger partial charge is 0.497 e. The fraction of sp³-hybridized carbons (Fsp3) is 0.350. The van der Waals surface area contributed by atoms with E-state index in [0.29, 0.717) is 30.2 Å². The van der Waals surface area contributed by atoms with E-state index in [0.717, 1.165) is 12.0 Å². The number of sulfonamides is 1. The summed E-state index contributed by atoms with van der Waals surface area (Å²) in [5, 5.41) is 2.64. The minimum absolute atomic E-state index is 0.190. The van der Waals surface area contributed by atoms with Crippen LogP contribution in [0.25, 0.3) is 0 Å². The molecule has 0 aromatic heterocycles. The van der Waals surface area contributed by atoms with Gasteiger partial charge >= 0.3 is 0 Å². The molecule has 3 rings (SSSR count). The summed E-state index contributed by atoms with van der Waals surface area (Å²) in [5.41, 5.74) is 1.34. The number of carbonyl (C=O) groups excluding carboxylic acids is 1. The van der Waals surface area contributed by atoms with Gasteiger partial charge in [0.25, 0.3) is 0 Å². The SMILES string of the molecule is COc1ccc(OC)c([C@H]2CCCN2S(=O)(=O)c2ccc(NC(C)=O)cc2)c1. The number of hydrogen-bond acceptors (Lipinski definition) is 5. The van der Waals surface area contributed by atoms with Crippen molar-refractivity contribution in [2.75, 3.05) is 26.1 Å². The number of rotatable bonds is 6. The van der Waals surface area contributed by atoms with Crippen molar-refractivity contribution in [2.24, 2.45) is 0 Å². The Morgan fingerprint density at radius 2 is 1.82 bits per heavy atom. The van der Waals surface area contributed by atoms with Gasteiger partial charge in [0.2, 0.25) is 15.9 Å². The number of ether oxygens (including phenoxy) is 2. The van der Waals surface area contributed by atoms with Gasteiger partial charge in [0, 0.05) is 24.7 Å². The molecule has 1 amide bonds. The lowest BCUT2D eigenvalue weighted by Crippen LogP contribution is -2.31. The Labute approximate surface area is 165 Å². The van der Waals surface area contributed by atoms with E-state index in [1.807, 2.05) is 6.07 Å². The zero-order valence-corrected chi connectivity index (χ0v) is 17.0. The minimum atomic E-state index is -3.70. The highest BCUT2D eigenvalue weighted by Gasteiger charge is 2.37. The Bertz CT molecular complexity index is 957. The number of hydrogen-bond donors (Lipinski definition) is 1. The van der Waals surface area contributed by atoms with Crippen molar-refractivity contribution in [1.82, 2.24) is 4.31 Å². The van der Waals surface area contributed by atoms with Crippen molar-refractivity contribution in [3.63, 3.8) is 0 Å². The fourth-order valence-corrected chi connectivity index (χ4v) is 5.16. The Hall–Kier alpha value is -2.58. The quantitative estimate of drug-likeness (QED) is 0.799. The van der Waals surface area contributed by atoms with Crippen molar-refractivity contribution in [2.45, 2.75) is 30.7 Å². The predicted octanol–water partition coefficient (Wildman–Crippen LogP) is 3.19. The van der Waals surface area contributed by atoms with Crippen LogP contribution in [-0.4, -0.2) is 39.4 Å². The maximum Gasteiger partial charge on any atom is 0.243 e. The van der Waals surface area contributed by atoms with Crippen LogP contribution >= 0.6 is 0 Å². The van der Waals surface area contributed by atoms with E-state index < -0.39 is 10.0 Å². The third-order valence-corrected chi connectivity index (χ3v) is 6.70. The first-order valence-electron chi connectivity index (χ1n) is 8.98. The summed E-state index contributed by atoms with van der Waals surface area (Å²) in [5.74, 6) is 1.08. The van der Waals surface area contributed by atoms with Crippen molar-refractivity contribution in [3.8, 4) is 11.5 Å². The lowest BCUT2D eigenvalue weighted by molar-refractivity contribution is -0.114. The molecule has 1 heterocycles. The third kappa shape index (κ3) is 3.98. The van der Waals surface area contributed by atoms with Gasteiger partial charge in [-0.3, -0.25) is 4.79 Å². The molecule has 1 saturated heterocycles. The minimum Gasteiger partial charge on any atom is -0.497 e. The van der Waals surface area contributed by atoms with Crippen LogP contribution < -0.4 is 14.8 Å². The van der Waals surface area contributed by atoms with Gasteiger partial charge in [-0.25, -0.2) is 8.42 Å². The first-order valence-corrected chi connectivity index (χ1v) is 10.4. The molecular weight excluding hydrogens is 380 g/mol. The molecule has 28 heavy (non-hydrogen) atoms. The molecule has 0 radical (unpaired) electrons. The second kappa shape index (κ2) is 8.20. The zero-order chi connectivity index (χ0) is 20.3. The second-order valence-electron chi connectivity index (χ2n) is 6.59. The molecule has 1 fully saturated rings. The van der Waals surface area contributed by atoms with E-state index in [1.165, 1.54) is 23.4 Å². The molecule has 0 saturated carbocycles. The summed E-state index contributed by atoms with van der Waals surface area (Å²) in [4.78, 5) is 11.3. The molecule has 150 valence electrons. The van der Waals surface area contributed by atoms with Crippen LogP contribution in [0, 0.1) is 0 Å². The van der Waals surface area contributed by atoms with E-state index in [2.05, 4.69) is 5.32 Å². The zero-order valence-electron chi connectivity index (χ0n) is 16.1. The van der Waals surface area contributed by atoms with E-state index >= 15 is 0 Å². The molecule has 0 unspecified atom stereocenters. The lowest BCUT2D eigenvalue weighted by atomic mass is 10.0. The Morgan fingerprint density at radius 1 is 1.11 bits per heavy atom. The Balaban J connectivity index is 1.95. The van der Waals surface area contributed by atoms with Crippen LogP contribution in [-0.2, 0) is 14.8 Å². The van der Waals surface area contributed by atoms with Gasteiger partial charge in [-0.05, 0) is 55.3 Å². The van der Waals surface area contributed by atoms with E-state index in [-0.39, 0.29) is 16.8 Å². The van der Waals surface area contributed by atoms with Gasteiger partial charge in [0.15, 0.2) is 0 Å². The normalized spacial score (nSPS) is 17.3. The lowest BCUT2D eigenvalue weighted by Gasteiger charge is -2.26. The van der Waals surface area contributed by atoms with Crippen molar-refractivity contribution in [1.29, 1.82) is 0 Å². The van der Waals surface area contributed by atoms with E-state index in [1.54, 1.807) is 38.5 Å². The number of amides is 1. The van der Waals surface area contributed by atoms with Gasteiger partial charge < -0.3 is 14.8 Å². The fourth-order valence-electron chi connectivity index (χ4n) is 3.49. The molecule has 8 heteroatoms. The van der Waals surface area contributed by atoms with Crippen molar-refractivity contribution >= 4 is 21.6 Å². The van der Waals surface area contributed by atoms with Crippen LogP contribution in [0.2, 0.25) is 0 Å². The summed E-state index contributed by atoms with van der Waals surface area (Å²) < 4.78 is 38.8. The molecule has 2 aromatic rings. The molecular formula is C20H24N2O5S. The van der Waals surface area contributed by atoms with Gasteiger partial charge in [0.05, 0.1) is 25.2 Å². The second-order valence-corrected chi connectivity index (χ2v) is 8.48. The summed E-state index contributed by atoms with van der Waals surface area (Å²) in [7, 11) is -0.557. The smallest absolute Gasteiger partial charge is 0.243 e. The summed E-state index contributed by atoms with van der Waals surface area (Å²) in [6, 6.07) is 11.3. The van der Waals surface area contributed by atoms with E-state index in [9.17, 15) is 13.2 Å². The topological polar surface area (TPSA) is 84.9 Å². The van der Waals surface area contributed by atoms with Gasteiger partial charge in [-0.2, -0.15) is 4.31 Å². The van der Waals surface area contributed by atoms with Crippen LogP contribution in [0.5, 0.6) is 11.5 Å². The van der Waals surface area contributed by atoms with Crippen LogP contribution in [0.3, 0.4) is 0 Å². The molecule has 0 spiro atoms. The van der Waals surface area contributed by atoms with Gasteiger partial charge in [-0.15, -0.1) is 0 Å². The number of anilines is 1. The van der Waals surface area contributed by atoms with Gasteiger partial charge in [0.1, 0.15) is 11.5 Å². The van der Waals surface area contributed by atoms with Crippen LogP contribution in [0.4, 0.5) is 5.69 Å². The maximum absolute atomic E-state index is 13.3. The molecule has 1 atom stereocenters.